The highest BCUT2D eigenvalue weighted by Crippen LogP contribution is 2.28. The SMILES string of the molecule is C=CCc1cc(NS(=O)(=O)c2cc(C(N)=O)c(O)cc2F)ccc1OCCN(C)C. The number of sulfonamides is 1. The fourth-order valence-electron chi connectivity index (χ4n) is 2.59. The number of hydrogen-bond donors (Lipinski definition) is 3. The second-order valence-electron chi connectivity index (χ2n) is 6.74. The Morgan fingerprint density at radius 3 is 2.63 bits per heavy atom. The lowest BCUT2D eigenvalue weighted by atomic mass is 10.1. The molecular formula is C20H24FN3O5S. The number of carbonyl (C=O) groups excluding carboxylic acids is 1. The summed E-state index contributed by atoms with van der Waals surface area (Å²) in [5, 5.41) is 9.59. The Balaban J connectivity index is 2.34. The third-order valence-corrected chi connectivity index (χ3v) is 5.47. The maximum absolute atomic E-state index is 14.2. The highest BCUT2D eigenvalue weighted by Gasteiger charge is 2.24. The Morgan fingerprint density at radius 1 is 1.33 bits per heavy atom. The van der Waals surface area contributed by atoms with Gasteiger partial charge in [0.1, 0.15) is 28.8 Å². The van der Waals surface area contributed by atoms with E-state index in [1.165, 1.54) is 6.07 Å². The van der Waals surface area contributed by atoms with Gasteiger partial charge in [0.2, 0.25) is 0 Å². The zero-order chi connectivity index (χ0) is 22.5. The predicted octanol–water partition coefficient (Wildman–Crippen LogP) is 2.10. The molecule has 30 heavy (non-hydrogen) atoms. The van der Waals surface area contributed by atoms with E-state index in [0.29, 0.717) is 43.0 Å². The number of hydrogen-bond acceptors (Lipinski definition) is 6. The van der Waals surface area contributed by atoms with E-state index in [0.717, 1.165) is 0 Å². The van der Waals surface area contributed by atoms with E-state index in [1.807, 2.05) is 19.0 Å². The molecule has 0 aliphatic rings. The monoisotopic (exact) mass is 437 g/mol. The first-order chi connectivity index (χ1) is 14.0. The molecule has 0 fully saturated rings. The van der Waals surface area contributed by atoms with Crippen LogP contribution in [0.15, 0.2) is 47.9 Å². The number of anilines is 1. The fourth-order valence-corrected chi connectivity index (χ4v) is 3.73. The van der Waals surface area contributed by atoms with Crippen LogP contribution in [-0.4, -0.2) is 51.6 Å². The molecule has 0 unspecified atom stereocenters. The lowest BCUT2D eigenvalue weighted by Crippen LogP contribution is -2.20. The lowest BCUT2D eigenvalue weighted by molar-refractivity contribution is 0.0997. The highest BCUT2D eigenvalue weighted by atomic mass is 32.2. The van der Waals surface area contributed by atoms with Gasteiger partial charge in [-0.15, -0.1) is 6.58 Å². The summed E-state index contributed by atoms with van der Waals surface area (Å²) >= 11 is 0. The maximum Gasteiger partial charge on any atom is 0.264 e. The first-order valence-electron chi connectivity index (χ1n) is 8.91. The molecule has 2 rings (SSSR count). The molecule has 1 amide bonds. The Labute approximate surface area is 174 Å². The minimum atomic E-state index is -4.41. The largest absolute Gasteiger partial charge is 0.507 e. The number of carbonyl (C=O) groups is 1. The summed E-state index contributed by atoms with van der Waals surface area (Å²) in [6.07, 6.45) is 2.07. The number of ether oxygens (including phenoxy) is 1. The molecule has 0 aromatic heterocycles. The van der Waals surface area contributed by atoms with Gasteiger partial charge in [0.05, 0.1) is 5.56 Å². The van der Waals surface area contributed by atoms with Gasteiger partial charge in [0.15, 0.2) is 0 Å². The van der Waals surface area contributed by atoms with Gasteiger partial charge in [-0.1, -0.05) is 6.08 Å². The van der Waals surface area contributed by atoms with Crippen molar-refractivity contribution in [3.05, 3.63) is 59.9 Å². The van der Waals surface area contributed by atoms with Crippen LogP contribution in [-0.2, 0) is 16.4 Å². The zero-order valence-corrected chi connectivity index (χ0v) is 17.5. The van der Waals surface area contributed by atoms with Crippen LogP contribution in [0.3, 0.4) is 0 Å². The first-order valence-corrected chi connectivity index (χ1v) is 10.4. The third kappa shape index (κ3) is 5.71. The Bertz CT molecular complexity index is 1050. The zero-order valence-electron chi connectivity index (χ0n) is 16.7. The van der Waals surface area contributed by atoms with Gasteiger partial charge in [-0.2, -0.15) is 0 Å². The van der Waals surface area contributed by atoms with Crippen LogP contribution >= 0.6 is 0 Å². The topological polar surface area (TPSA) is 122 Å². The average molecular weight is 437 g/mol. The summed E-state index contributed by atoms with van der Waals surface area (Å²) < 4.78 is 47.5. The molecule has 162 valence electrons. The molecule has 0 radical (unpaired) electrons. The number of aromatic hydroxyl groups is 1. The normalized spacial score (nSPS) is 11.3. The van der Waals surface area contributed by atoms with Gasteiger partial charge in [0.25, 0.3) is 15.9 Å². The Hall–Kier alpha value is -3.11. The van der Waals surface area contributed by atoms with E-state index in [1.54, 1.807) is 18.2 Å². The van der Waals surface area contributed by atoms with E-state index in [2.05, 4.69) is 11.3 Å². The van der Waals surface area contributed by atoms with Gasteiger partial charge in [-0.05, 0) is 50.3 Å². The molecule has 0 saturated heterocycles. The summed E-state index contributed by atoms with van der Waals surface area (Å²) in [7, 11) is -0.577. The van der Waals surface area contributed by atoms with Gasteiger partial charge in [-0.3, -0.25) is 9.52 Å². The number of nitrogens with zero attached hydrogens (tertiary/aromatic N) is 1. The van der Waals surface area contributed by atoms with Gasteiger partial charge in [-0.25, -0.2) is 12.8 Å². The Morgan fingerprint density at radius 2 is 2.03 bits per heavy atom. The average Bonchev–Trinajstić information content (AvgIpc) is 2.62. The second kappa shape index (κ2) is 9.59. The van der Waals surface area contributed by atoms with Gasteiger partial charge < -0.3 is 20.5 Å². The number of phenols is 1. The molecule has 0 atom stereocenters. The van der Waals surface area contributed by atoms with E-state index >= 15 is 0 Å². The molecule has 0 heterocycles. The number of halogens is 1. The van der Waals surface area contributed by atoms with Crippen molar-refractivity contribution in [2.24, 2.45) is 5.73 Å². The number of nitrogens with one attached hydrogen (secondary N) is 1. The van der Waals surface area contributed by atoms with Crippen LogP contribution in [0.4, 0.5) is 10.1 Å². The summed E-state index contributed by atoms with van der Waals surface area (Å²) in [4.78, 5) is 12.5. The molecule has 0 spiro atoms. The maximum atomic E-state index is 14.2. The van der Waals surface area contributed by atoms with E-state index in [4.69, 9.17) is 10.5 Å². The van der Waals surface area contributed by atoms with Crippen LogP contribution in [0.25, 0.3) is 0 Å². The van der Waals surface area contributed by atoms with E-state index < -0.39 is 38.0 Å². The standard InChI is InChI=1S/C20H24FN3O5S/c1-4-5-13-10-14(6-7-18(13)29-9-8-24(2)3)23-30(27,28)19-11-15(20(22)26)17(25)12-16(19)21/h4,6-7,10-12,23,25H,1,5,8-9H2,2-3H3,(H2,22,26). The lowest BCUT2D eigenvalue weighted by Gasteiger charge is -2.16. The second-order valence-corrected chi connectivity index (χ2v) is 8.39. The minimum absolute atomic E-state index is 0.167. The van der Waals surface area contributed by atoms with Crippen LogP contribution in [0.2, 0.25) is 0 Å². The smallest absolute Gasteiger partial charge is 0.264 e. The van der Waals surface area contributed by atoms with Crippen molar-refractivity contribution in [1.82, 2.24) is 4.90 Å². The van der Waals surface area contributed by atoms with Crippen molar-refractivity contribution >= 4 is 21.6 Å². The molecule has 8 nitrogen and oxygen atoms in total. The fraction of sp³-hybridized carbons (Fsp3) is 0.250. The number of rotatable bonds is 10. The molecule has 0 saturated carbocycles. The van der Waals surface area contributed by atoms with Crippen molar-refractivity contribution in [2.45, 2.75) is 11.3 Å². The number of likely N-dealkylation sites (N-methyl/N-ethyl adjacent to an activating group) is 1. The third-order valence-electron chi connectivity index (χ3n) is 4.08. The van der Waals surface area contributed by atoms with Crippen LogP contribution in [0.1, 0.15) is 15.9 Å². The van der Waals surface area contributed by atoms with Crippen molar-refractivity contribution in [3.63, 3.8) is 0 Å². The molecular weight excluding hydrogens is 413 g/mol. The quantitative estimate of drug-likeness (QED) is 0.490. The minimum Gasteiger partial charge on any atom is -0.507 e. The molecule has 2 aromatic rings. The summed E-state index contributed by atoms with van der Waals surface area (Å²) in [6.45, 7) is 4.82. The van der Waals surface area contributed by atoms with Crippen LogP contribution in [0, 0.1) is 5.82 Å². The number of amides is 1. The van der Waals surface area contributed by atoms with Crippen LogP contribution < -0.4 is 15.2 Å². The first kappa shape index (κ1) is 23.2. The molecule has 4 N–H and O–H groups in total. The number of nitrogens with two attached hydrogens (primary N) is 1. The molecule has 10 heteroatoms. The van der Waals surface area contributed by atoms with Gasteiger partial charge in [0, 0.05) is 18.3 Å². The Kier molecular flexibility index (Phi) is 7.41. The summed E-state index contributed by atoms with van der Waals surface area (Å²) in [5.74, 6) is -2.48. The highest BCUT2D eigenvalue weighted by molar-refractivity contribution is 7.92. The molecule has 0 aliphatic carbocycles. The molecule has 0 bridgehead atoms. The summed E-state index contributed by atoms with van der Waals surface area (Å²) in [6, 6.07) is 5.85. The number of benzene rings is 2. The predicted molar refractivity (Wildman–Crippen MR) is 112 cm³/mol. The number of primary amides is 1. The van der Waals surface area contributed by atoms with Crippen molar-refractivity contribution in [3.8, 4) is 11.5 Å². The summed E-state index contributed by atoms with van der Waals surface area (Å²) in [5.41, 5.74) is 5.44. The molecule has 0 aliphatic heterocycles. The van der Waals surface area contributed by atoms with Crippen molar-refractivity contribution in [2.75, 3.05) is 32.0 Å². The van der Waals surface area contributed by atoms with Gasteiger partial charge >= 0.3 is 0 Å². The van der Waals surface area contributed by atoms with E-state index in [9.17, 15) is 22.7 Å². The van der Waals surface area contributed by atoms with Crippen molar-refractivity contribution < 1.29 is 27.4 Å². The molecule has 2 aromatic carbocycles. The van der Waals surface area contributed by atoms with E-state index in [-0.39, 0.29) is 5.69 Å². The number of allylic oxidation sites excluding steroid dienone is 1. The van der Waals surface area contributed by atoms with Crippen molar-refractivity contribution in [1.29, 1.82) is 0 Å². The van der Waals surface area contributed by atoms with Crippen LogP contribution in [0.5, 0.6) is 11.5 Å².